The van der Waals surface area contributed by atoms with E-state index in [4.69, 9.17) is 10.2 Å². The topological polar surface area (TPSA) is 48.2 Å². The van der Waals surface area contributed by atoms with E-state index in [2.05, 4.69) is 34.8 Å². The van der Waals surface area contributed by atoms with Crippen molar-refractivity contribution in [2.24, 2.45) is 7.05 Å². The zero-order valence-electron chi connectivity index (χ0n) is 8.10. The molecule has 0 spiro atoms. The Morgan fingerprint density at radius 3 is 2.62 bits per heavy atom. The van der Waals surface area contributed by atoms with Crippen molar-refractivity contribution in [3.63, 3.8) is 0 Å². The normalized spacial score (nSPS) is 8.46. The van der Waals surface area contributed by atoms with E-state index in [9.17, 15) is 0 Å². The smallest absolute Gasteiger partial charge is 0.243 e. The average molecular weight is 181 g/mol. The molecular formula is C9H15N3O. The van der Waals surface area contributed by atoms with Crippen LogP contribution in [-0.2, 0) is 18.4 Å². The molecule has 0 unspecified atom stereocenters. The molecule has 1 heterocycles. The number of hydrogen-bond donors (Lipinski definition) is 0. The van der Waals surface area contributed by atoms with E-state index in [1.807, 2.05) is 7.05 Å². The molecule has 0 saturated carbocycles. The Kier molecular flexibility index (Phi) is 6.46. The molecule has 72 valence electrons. The van der Waals surface area contributed by atoms with E-state index >= 15 is 0 Å². The van der Waals surface area contributed by atoms with Crippen LogP contribution >= 0.6 is 0 Å². The van der Waals surface area contributed by atoms with Gasteiger partial charge in [-0.1, -0.05) is 13.3 Å². The molecule has 0 bridgehead atoms. The minimum atomic E-state index is 0.500. The van der Waals surface area contributed by atoms with Crippen molar-refractivity contribution in [1.82, 2.24) is 4.57 Å². The van der Waals surface area contributed by atoms with Gasteiger partial charge in [0.2, 0.25) is 6.33 Å². The Bertz CT molecular complexity index is 262. The van der Waals surface area contributed by atoms with Gasteiger partial charge < -0.3 is 5.41 Å². The van der Waals surface area contributed by atoms with Gasteiger partial charge in [0.25, 0.3) is 0 Å². The van der Waals surface area contributed by atoms with Crippen LogP contribution in [-0.4, -0.2) is 10.6 Å². The minimum absolute atomic E-state index is 0.500. The van der Waals surface area contributed by atoms with Crippen LogP contribution in [0.5, 0.6) is 0 Å². The lowest BCUT2D eigenvalue weighted by Crippen LogP contribution is -2.23. The first-order valence-electron chi connectivity index (χ1n) is 4.26. The van der Waals surface area contributed by atoms with Crippen LogP contribution in [0.15, 0.2) is 18.7 Å². The summed E-state index contributed by atoms with van der Waals surface area (Å²) in [6, 6.07) is 0. The van der Waals surface area contributed by atoms with Gasteiger partial charge in [-0.15, -0.1) is 0 Å². The summed E-state index contributed by atoms with van der Waals surface area (Å²) in [4.78, 5) is 8.24. The lowest BCUT2D eigenvalue weighted by Gasteiger charge is -1.90. The number of nitrogens with zero attached hydrogens (tertiary/aromatic N) is 3. The fourth-order valence-corrected chi connectivity index (χ4v) is 0.975. The molecule has 1 rings (SSSR count). The van der Waals surface area contributed by atoms with Gasteiger partial charge >= 0.3 is 0 Å². The molecule has 0 radical (unpaired) electrons. The molecule has 4 heteroatoms. The minimum Gasteiger partial charge on any atom is -0.724 e. The van der Waals surface area contributed by atoms with Crippen molar-refractivity contribution in [1.29, 1.82) is 0 Å². The molecule has 13 heavy (non-hydrogen) atoms. The number of unbranched alkanes of at least 4 members (excludes halogenated alkanes) is 1. The Labute approximate surface area is 78.3 Å². The molecule has 0 N–H and O–H groups in total. The maximum atomic E-state index is 8.24. The highest BCUT2D eigenvalue weighted by Crippen LogP contribution is 1.91. The van der Waals surface area contributed by atoms with Gasteiger partial charge in [0.1, 0.15) is 12.4 Å². The van der Waals surface area contributed by atoms with Crippen LogP contribution in [0.4, 0.5) is 0 Å². The summed E-state index contributed by atoms with van der Waals surface area (Å²) >= 11 is 0. The summed E-state index contributed by atoms with van der Waals surface area (Å²) in [5.74, 6) is 0. The lowest BCUT2D eigenvalue weighted by molar-refractivity contribution is -0.671. The van der Waals surface area contributed by atoms with Gasteiger partial charge in [0, 0.05) is 0 Å². The maximum Gasteiger partial charge on any atom is 0.243 e. The summed E-state index contributed by atoms with van der Waals surface area (Å²) < 4.78 is 4.28. The highest BCUT2D eigenvalue weighted by Gasteiger charge is 1.96. The van der Waals surface area contributed by atoms with E-state index in [0.29, 0.717) is 6.08 Å². The largest absolute Gasteiger partial charge is 0.724 e. The van der Waals surface area contributed by atoms with E-state index in [1.54, 1.807) is 0 Å². The van der Waals surface area contributed by atoms with Crippen LogP contribution in [0, 0.1) is 0 Å². The number of hydrogen-bond acceptors (Lipinski definition) is 1. The molecule has 1 aromatic heterocycles. The third-order valence-corrected chi connectivity index (χ3v) is 1.59. The van der Waals surface area contributed by atoms with E-state index in [0.717, 1.165) is 6.54 Å². The molecule has 1 aromatic rings. The number of imidazole rings is 1. The van der Waals surface area contributed by atoms with E-state index in [1.165, 1.54) is 12.8 Å². The van der Waals surface area contributed by atoms with Crippen LogP contribution < -0.4 is 4.57 Å². The molecule has 4 nitrogen and oxygen atoms in total. The Balaban J connectivity index is 0.000000424. The van der Waals surface area contributed by atoms with Crippen molar-refractivity contribution in [2.45, 2.75) is 26.3 Å². The number of rotatable bonds is 3. The second-order valence-electron chi connectivity index (χ2n) is 2.76. The Hall–Kier alpha value is -1.41. The van der Waals surface area contributed by atoms with Gasteiger partial charge in [-0.25, -0.2) is 9.13 Å². The summed E-state index contributed by atoms with van der Waals surface area (Å²) in [5, 5.41) is 6.76. The molecule has 0 aliphatic rings. The first kappa shape index (κ1) is 11.6. The molecule has 0 aromatic carbocycles. The van der Waals surface area contributed by atoms with Crippen molar-refractivity contribution in [3.8, 4) is 0 Å². The Morgan fingerprint density at radius 1 is 1.62 bits per heavy atom. The third kappa shape index (κ3) is 5.82. The molecule has 0 saturated heterocycles. The van der Waals surface area contributed by atoms with Crippen molar-refractivity contribution in [2.75, 3.05) is 0 Å². The summed E-state index contributed by atoms with van der Waals surface area (Å²) in [7, 11) is 2.04. The highest BCUT2D eigenvalue weighted by molar-refractivity contribution is 5.36. The van der Waals surface area contributed by atoms with Gasteiger partial charge in [0.05, 0.1) is 13.6 Å². The van der Waals surface area contributed by atoms with Crippen LogP contribution in [0.2, 0.25) is 0 Å². The number of carbonyl (C=O) groups excluding carboxylic acids is 1. The molecule has 0 fully saturated rings. The summed E-state index contributed by atoms with van der Waals surface area (Å²) in [5.41, 5.74) is 0. The average Bonchev–Trinajstić information content (AvgIpc) is 2.49. The standard InChI is InChI=1S/C8H15N2.CNO/c1-3-4-5-10-7-6-9(2)8-10;2-1-3/h6-8H,3-5H2,1-2H3;/q+1;-1. The van der Waals surface area contributed by atoms with Gasteiger partial charge in [-0.2, -0.15) is 0 Å². The van der Waals surface area contributed by atoms with Gasteiger partial charge in [-0.3, -0.25) is 4.79 Å². The van der Waals surface area contributed by atoms with Gasteiger partial charge in [0.15, 0.2) is 0 Å². The van der Waals surface area contributed by atoms with Gasteiger partial charge in [-0.05, 0) is 12.5 Å². The highest BCUT2D eigenvalue weighted by atomic mass is 16.1. The van der Waals surface area contributed by atoms with Crippen LogP contribution in [0.3, 0.4) is 0 Å². The van der Waals surface area contributed by atoms with E-state index < -0.39 is 0 Å². The second-order valence-corrected chi connectivity index (χ2v) is 2.76. The zero-order chi connectivity index (χ0) is 10.1. The predicted molar refractivity (Wildman–Crippen MR) is 49.6 cm³/mol. The first-order valence-corrected chi connectivity index (χ1v) is 4.26. The maximum absolute atomic E-state index is 8.24. The fourth-order valence-electron chi connectivity index (χ4n) is 0.975. The molecule has 0 amide bonds. The third-order valence-electron chi connectivity index (χ3n) is 1.59. The molecular weight excluding hydrogens is 166 g/mol. The van der Waals surface area contributed by atoms with E-state index in [-0.39, 0.29) is 0 Å². The van der Waals surface area contributed by atoms with Crippen molar-refractivity contribution < 1.29 is 9.36 Å². The number of isocyanates is 1. The fraction of sp³-hybridized carbons (Fsp3) is 0.556. The van der Waals surface area contributed by atoms with Crippen LogP contribution in [0.1, 0.15) is 19.8 Å². The zero-order valence-corrected chi connectivity index (χ0v) is 8.10. The number of aromatic nitrogens is 2. The predicted octanol–water partition coefficient (Wildman–Crippen LogP) is 1.00. The second kappa shape index (κ2) is 7.25. The van der Waals surface area contributed by atoms with Crippen molar-refractivity contribution in [3.05, 3.63) is 24.1 Å². The quantitative estimate of drug-likeness (QED) is 0.390. The summed E-state index contributed by atoms with van der Waals surface area (Å²) in [6.45, 7) is 3.36. The lowest BCUT2D eigenvalue weighted by atomic mass is 10.3. The Morgan fingerprint density at radius 2 is 2.23 bits per heavy atom. The molecule has 0 aliphatic heterocycles. The van der Waals surface area contributed by atoms with Crippen molar-refractivity contribution >= 4 is 6.08 Å². The number of aryl methyl sites for hydroxylation is 2. The van der Waals surface area contributed by atoms with Crippen LogP contribution in [0.25, 0.3) is 5.41 Å². The monoisotopic (exact) mass is 181 g/mol. The summed E-state index contributed by atoms with van der Waals surface area (Å²) in [6.07, 6.45) is 9.32. The SMILES string of the molecule is CCCCn1cc[n+](C)c1.[N-]=C=O. The first-order chi connectivity index (χ1) is 6.24. The molecule has 0 aliphatic carbocycles. The molecule has 0 atom stereocenters.